The maximum atomic E-state index is 12.6. The van der Waals surface area contributed by atoms with Crippen molar-refractivity contribution in [1.82, 2.24) is 4.98 Å². The molecule has 25 heavy (non-hydrogen) atoms. The molecule has 0 aliphatic carbocycles. The lowest BCUT2D eigenvalue weighted by molar-refractivity contribution is -0.137. The standard InChI is InChI=1S/C18H19F3N2O2/c1-11-13(10-17(2,3)25-16(22)24)6-9-15(23-11)12-4-7-14(8-5-12)18(19,20)21/h4-9H,10H2,1-3H3,(H2,22,24). The Labute approximate surface area is 143 Å². The van der Waals surface area contributed by atoms with Gasteiger partial charge < -0.3 is 10.5 Å². The lowest BCUT2D eigenvalue weighted by atomic mass is 9.96. The normalized spacial score (nSPS) is 12.1. The lowest BCUT2D eigenvalue weighted by Gasteiger charge is -2.24. The maximum absolute atomic E-state index is 12.6. The molecule has 0 aliphatic rings. The molecule has 2 rings (SSSR count). The van der Waals surface area contributed by atoms with Gasteiger partial charge in [0.2, 0.25) is 0 Å². The van der Waals surface area contributed by atoms with E-state index in [2.05, 4.69) is 4.98 Å². The van der Waals surface area contributed by atoms with Crippen LogP contribution in [0.3, 0.4) is 0 Å². The quantitative estimate of drug-likeness (QED) is 0.881. The first-order valence-corrected chi connectivity index (χ1v) is 7.60. The van der Waals surface area contributed by atoms with Gasteiger partial charge in [-0.1, -0.05) is 18.2 Å². The average molecular weight is 352 g/mol. The molecule has 1 heterocycles. The number of carbonyl (C=O) groups excluding carboxylic acids is 1. The molecule has 134 valence electrons. The van der Waals surface area contributed by atoms with Gasteiger partial charge in [-0.3, -0.25) is 4.98 Å². The first-order valence-electron chi connectivity index (χ1n) is 7.60. The number of rotatable bonds is 4. The van der Waals surface area contributed by atoms with Gasteiger partial charge in [-0.15, -0.1) is 0 Å². The molecule has 2 aromatic rings. The summed E-state index contributed by atoms with van der Waals surface area (Å²) in [4.78, 5) is 15.4. The maximum Gasteiger partial charge on any atom is 0.416 e. The molecule has 0 bridgehead atoms. The van der Waals surface area contributed by atoms with Crippen LogP contribution in [0.1, 0.15) is 30.7 Å². The van der Waals surface area contributed by atoms with Crippen LogP contribution >= 0.6 is 0 Å². The number of alkyl halides is 3. The second-order valence-electron chi connectivity index (χ2n) is 6.37. The van der Waals surface area contributed by atoms with Gasteiger partial charge in [-0.25, -0.2) is 4.79 Å². The summed E-state index contributed by atoms with van der Waals surface area (Å²) >= 11 is 0. The average Bonchev–Trinajstić information content (AvgIpc) is 2.47. The molecule has 0 unspecified atom stereocenters. The molecule has 0 saturated heterocycles. The van der Waals surface area contributed by atoms with Gasteiger partial charge in [-0.2, -0.15) is 13.2 Å². The van der Waals surface area contributed by atoms with E-state index in [4.69, 9.17) is 10.5 Å². The Bertz CT molecular complexity index is 769. The molecule has 1 amide bonds. The fourth-order valence-electron chi connectivity index (χ4n) is 2.53. The summed E-state index contributed by atoms with van der Waals surface area (Å²) in [6, 6.07) is 8.40. The van der Waals surface area contributed by atoms with Crippen molar-refractivity contribution >= 4 is 6.09 Å². The van der Waals surface area contributed by atoms with Crippen molar-refractivity contribution in [2.75, 3.05) is 0 Å². The van der Waals surface area contributed by atoms with Gasteiger partial charge >= 0.3 is 12.3 Å². The Morgan fingerprint density at radius 3 is 2.20 bits per heavy atom. The summed E-state index contributed by atoms with van der Waals surface area (Å²) in [5.41, 5.74) is 6.31. The number of carbonyl (C=O) groups is 1. The number of pyridine rings is 1. The second-order valence-corrected chi connectivity index (χ2v) is 6.37. The van der Waals surface area contributed by atoms with E-state index < -0.39 is 23.4 Å². The van der Waals surface area contributed by atoms with E-state index in [1.54, 1.807) is 26.8 Å². The van der Waals surface area contributed by atoms with Crippen molar-refractivity contribution in [1.29, 1.82) is 0 Å². The van der Waals surface area contributed by atoms with Crippen molar-refractivity contribution in [3.63, 3.8) is 0 Å². The first kappa shape index (κ1) is 18.8. The number of amides is 1. The molecule has 2 N–H and O–H groups in total. The van der Waals surface area contributed by atoms with Crippen LogP contribution in [-0.2, 0) is 17.3 Å². The van der Waals surface area contributed by atoms with Gasteiger partial charge in [0, 0.05) is 17.7 Å². The molecule has 0 aliphatic heterocycles. The highest BCUT2D eigenvalue weighted by Crippen LogP contribution is 2.31. The number of halogens is 3. The second kappa shape index (κ2) is 6.74. The molecule has 0 spiro atoms. The van der Waals surface area contributed by atoms with Gasteiger partial charge in [0.25, 0.3) is 0 Å². The minimum Gasteiger partial charge on any atom is -0.443 e. The monoisotopic (exact) mass is 352 g/mol. The molecule has 1 aromatic carbocycles. The summed E-state index contributed by atoms with van der Waals surface area (Å²) < 4.78 is 42.9. The van der Waals surface area contributed by atoms with Crippen molar-refractivity contribution in [3.8, 4) is 11.3 Å². The number of aromatic nitrogens is 1. The molecule has 4 nitrogen and oxygen atoms in total. The van der Waals surface area contributed by atoms with Crippen LogP contribution in [0.5, 0.6) is 0 Å². The molecular weight excluding hydrogens is 333 g/mol. The van der Waals surface area contributed by atoms with E-state index in [1.807, 2.05) is 6.07 Å². The number of benzene rings is 1. The predicted molar refractivity (Wildman–Crippen MR) is 87.9 cm³/mol. The van der Waals surface area contributed by atoms with Crippen LogP contribution in [0, 0.1) is 6.92 Å². The third-order valence-corrected chi connectivity index (χ3v) is 3.70. The molecule has 7 heteroatoms. The van der Waals surface area contributed by atoms with Crippen molar-refractivity contribution in [2.24, 2.45) is 5.73 Å². The summed E-state index contributed by atoms with van der Waals surface area (Å²) in [6.45, 7) is 5.27. The van der Waals surface area contributed by atoms with E-state index in [-0.39, 0.29) is 0 Å². The fourth-order valence-corrected chi connectivity index (χ4v) is 2.53. The van der Waals surface area contributed by atoms with Gasteiger partial charge in [0.15, 0.2) is 0 Å². The Morgan fingerprint density at radius 1 is 1.12 bits per heavy atom. The first-order chi connectivity index (χ1) is 11.5. The van der Waals surface area contributed by atoms with E-state index in [0.29, 0.717) is 23.4 Å². The van der Waals surface area contributed by atoms with Crippen LogP contribution in [0.4, 0.5) is 18.0 Å². The zero-order chi connectivity index (χ0) is 18.8. The topological polar surface area (TPSA) is 65.2 Å². The highest BCUT2D eigenvalue weighted by Gasteiger charge is 2.30. The molecule has 0 fully saturated rings. The zero-order valence-corrected chi connectivity index (χ0v) is 14.1. The largest absolute Gasteiger partial charge is 0.443 e. The lowest BCUT2D eigenvalue weighted by Crippen LogP contribution is -2.33. The highest BCUT2D eigenvalue weighted by molar-refractivity contribution is 5.65. The molecule has 1 aromatic heterocycles. The predicted octanol–water partition coefficient (Wildman–Crippen LogP) is 4.49. The molecule has 0 radical (unpaired) electrons. The van der Waals surface area contributed by atoms with Gasteiger partial charge in [0.1, 0.15) is 5.60 Å². The Balaban J connectivity index is 2.23. The number of hydrogen-bond donors (Lipinski definition) is 1. The third-order valence-electron chi connectivity index (χ3n) is 3.70. The fraction of sp³-hybridized carbons (Fsp3) is 0.333. The Morgan fingerprint density at radius 2 is 1.72 bits per heavy atom. The highest BCUT2D eigenvalue weighted by atomic mass is 19.4. The van der Waals surface area contributed by atoms with Crippen molar-refractivity contribution in [2.45, 2.75) is 39.0 Å². The number of nitrogens with two attached hydrogens (primary N) is 1. The van der Waals surface area contributed by atoms with Crippen molar-refractivity contribution in [3.05, 3.63) is 53.2 Å². The van der Waals surface area contributed by atoms with Crippen molar-refractivity contribution < 1.29 is 22.7 Å². The summed E-state index contributed by atoms with van der Waals surface area (Å²) in [5, 5.41) is 0. The summed E-state index contributed by atoms with van der Waals surface area (Å²) in [6.07, 6.45) is -4.79. The number of ether oxygens (including phenoxy) is 1. The Hall–Kier alpha value is -2.57. The van der Waals surface area contributed by atoms with E-state index in [0.717, 1.165) is 17.7 Å². The number of aryl methyl sites for hydroxylation is 1. The molecule has 0 atom stereocenters. The van der Waals surface area contributed by atoms with Gasteiger partial charge in [-0.05, 0) is 44.5 Å². The number of nitrogens with zero attached hydrogens (tertiary/aromatic N) is 1. The zero-order valence-electron chi connectivity index (χ0n) is 14.1. The number of hydrogen-bond acceptors (Lipinski definition) is 3. The number of primary amides is 1. The van der Waals surface area contributed by atoms with Crippen LogP contribution in [0.25, 0.3) is 11.3 Å². The van der Waals surface area contributed by atoms with Crippen LogP contribution in [-0.4, -0.2) is 16.7 Å². The third kappa shape index (κ3) is 4.95. The van der Waals surface area contributed by atoms with Crippen LogP contribution in [0.15, 0.2) is 36.4 Å². The Kier molecular flexibility index (Phi) is 5.06. The van der Waals surface area contributed by atoms with E-state index in [9.17, 15) is 18.0 Å². The minimum absolute atomic E-state index is 0.419. The smallest absolute Gasteiger partial charge is 0.416 e. The van der Waals surface area contributed by atoms with E-state index in [1.165, 1.54) is 12.1 Å². The SMILES string of the molecule is Cc1nc(-c2ccc(C(F)(F)F)cc2)ccc1CC(C)(C)OC(N)=O. The molecule has 0 saturated carbocycles. The van der Waals surface area contributed by atoms with Crippen LogP contribution < -0.4 is 5.73 Å². The summed E-state index contributed by atoms with van der Waals surface area (Å²) in [7, 11) is 0. The summed E-state index contributed by atoms with van der Waals surface area (Å²) in [5.74, 6) is 0. The van der Waals surface area contributed by atoms with Crippen LogP contribution in [0.2, 0.25) is 0 Å². The van der Waals surface area contributed by atoms with E-state index >= 15 is 0 Å². The van der Waals surface area contributed by atoms with Gasteiger partial charge in [0.05, 0.1) is 11.3 Å². The molecular formula is C18H19F3N2O2. The minimum atomic E-state index is -4.36.